The monoisotopic (exact) mass is 438 g/mol. The molecule has 31 heavy (non-hydrogen) atoms. The van der Waals surface area contributed by atoms with E-state index in [-0.39, 0.29) is 23.3 Å². The zero-order chi connectivity index (χ0) is 21.6. The van der Waals surface area contributed by atoms with Gasteiger partial charge in [-0.15, -0.1) is 5.10 Å². The van der Waals surface area contributed by atoms with Crippen LogP contribution in [0.15, 0.2) is 60.0 Å². The molecule has 1 aromatic heterocycles. The molecular weight excluding hydrogens is 415 g/mol. The van der Waals surface area contributed by atoms with Crippen LogP contribution in [0.25, 0.3) is 0 Å². The third-order valence-electron chi connectivity index (χ3n) is 5.48. The van der Waals surface area contributed by atoms with E-state index in [4.69, 9.17) is 0 Å². The molecule has 1 N–H and O–H groups in total. The number of carbonyl (C=O) groups excluding carboxylic acids is 2. The molecular formula is C23H23FN4O2S. The maximum Gasteiger partial charge on any atom is 0.280 e. The number of rotatable bonds is 6. The highest BCUT2D eigenvalue weighted by molar-refractivity contribution is 7.03. The van der Waals surface area contributed by atoms with Crippen molar-refractivity contribution in [3.63, 3.8) is 0 Å². The summed E-state index contributed by atoms with van der Waals surface area (Å²) in [6.45, 7) is 0. The molecule has 6 nitrogen and oxygen atoms in total. The molecule has 0 aliphatic heterocycles. The first-order valence-corrected chi connectivity index (χ1v) is 11.2. The predicted octanol–water partition coefficient (Wildman–Crippen LogP) is 4.51. The average Bonchev–Trinajstić information content (AvgIpc) is 3.34. The van der Waals surface area contributed by atoms with Crippen LogP contribution in [0, 0.1) is 5.82 Å². The maximum atomic E-state index is 14.9. The molecule has 2 amide bonds. The molecule has 1 aliphatic carbocycles. The van der Waals surface area contributed by atoms with Crippen LogP contribution < -0.4 is 10.2 Å². The van der Waals surface area contributed by atoms with E-state index in [0.717, 1.165) is 43.6 Å². The fourth-order valence-electron chi connectivity index (χ4n) is 3.97. The lowest BCUT2D eigenvalue weighted by Crippen LogP contribution is -2.47. The number of carbonyl (C=O) groups is 2. The van der Waals surface area contributed by atoms with Gasteiger partial charge in [0.2, 0.25) is 5.91 Å². The van der Waals surface area contributed by atoms with Crippen LogP contribution in [0.5, 0.6) is 0 Å². The lowest BCUT2D eigenvalue weighted by molar-refractivity contribution is -0.123. The van der Waals surface area contributed by atoms with E-state index in [2.05, 4.69) is 14.9 Å². The van der Waals surface area contributed by atoms with Crippen molar-refractivity contribution in [2.24, 2.45) is 0 Å². The Kier molecular flexibility index (Phi) is 6.66. The Morgan fingerprint density at radius 3 is 2.42 bits per heavy atom. The summed E-state index contributed by atoms with van der Waals surface area (Å²) in [4.78, 5) is 28.2. The molecule has 1 atom stereocenters. The number of anilines is 1. The van der Waals surface area contributed by atoms with Crippen molar-refractivity contribution in [3.8, 4) is 0 Å². The molecule has 4 rings (SSSR count). The van der Waals surface area contributed by atoms with Gasteiger partial charge in [0.05, 0.1) is 5.69 Å². The third-order valence-corrected chi connectivity index (χ3v) is 5.99. The molecule has 0 bridgehead atoms. The van der Waals surface area contributed by atoms with E-state index in [1.807, 2.05) is 6.07 Å². The molecule has 0 saturated heterocycles. The van der Waals surface area contributed by atoms with Crippen molar-refractivity contribution in [1.29, 1.82) is 0 Å². The minimum atomic E-state index is -1.05. The summed E-state index contributed by atoms with van der Waals surface area (Å²) in [5.74, 6) is -1.50. The highest BCUT2D eigenvalue weighted by Crippen LogP contribution is 2.32. The van der Waals surface area contributed by atoms with E-state index < -0.39 is 17.8 Å². The van der Waals surface area contributed by atoms with Crippen molar-refractivity contribution >= 4 is 29.0 Å². The summed E-state index contributed by atoms with van der Waals surface area (Å²) in [5, 5.41) is 8.46. The van der Waals surface area contributed by atoms with Crippen molar-refractivity contribution in [2.75, 3.05) is 4.90 Å². The number of hydrogen-bond donors (Lipinski definition) is 1. The van der Waals surface area contributed by atoms with E-state index in [0.29, 0.717) is 5.56 Å². The van der Waals surface area contributed by atoms with Gasteiger partial charge in [-0.25, -0.2) is 4.39 Å². The molecule has 1 saturated carbocycles. The minimum absolute atomic E-state index is 0.0214. The molecule has 1 fully saturated rings. The summed E-state index contributed by atoms with van der Waals surface area (Å²) in [6, 6.07) is 13.9. The second-order valence-corrected chi connectivity index (χ2v) is 8.18. The first-order valence-electron chi connectivity index (χ1n) is 10.4. The summed E-state index contributed by atoms with van der Waals surface area (Å²) in [7, 11) is 0. The topological polar surface area (TPSA) is 75.2 Å². The van der Waals surface area contributed by atoms with Gasteiger partial charge in [0.1, 0.15) is 11.9 Å². The third kappa shape index (κ3) is 4.80. The number of benzene rings is 2. The lowest BCUT2D eigenvalue weighted by Gasteiger charge is -2.33. The standard InChI is InChI=1S/C23H23FN4O2S/c24-18-13-7-8-14-20(18)28(23(30)19-15-31-27-26-19)21(16-9-3-1-4-10-16)22(29)25-17-11-5-2-6-12-17/h1,3-4,7-10,13-15,17,21H,2,5-6,11-12H2,(H,25,29)/t21-/m0/s1. The number of nitrogens with zero attached hydrogens (tertiary/aromatic N) is 3. The van der Waals surface area contributed by atoms with Gasteiger partial charge in [0.25, 0.3) is 5.91 Å². The van der Waals surface area contributed by atoms with Gasteiger partial charge in [0.15, 0.2) is 5.69 Å². The van der Waals surface area contributed by atoms with E-state index in [1.54, 1.807) is 36.4 Å². The molecule has 2 aromatic carbocycles. The molecule has 1 aliphatic rings. The number of amides is 2. The number of hydrogen-bond acceptors (Lipinski definition) is 5. The summed E-state index contributed by atoms with van der Waals surface area (Å²) < 4.78 is 18.6. The van der Waals surface area contributed by atoms with Crippen molar-refractivity contribution in [3.05, 3.63) is 77.1 Å². The largest absolute Gasteiger partial charge is 0.351 e. The number of aromatic nitrogens is 2. The fourth-order valence-corrected chi connectivity index (χ4v) is 4.40. The molecule has 3 aromatic rings. The Morgan fingerprint density at radius 1 is 1.03 bits per heavy atom. The van der Waals surface area contributed by atoms with Gasteiger partial charge in [-0.2, -0.15) is 0 Å². The highest BCUT2D eigenvalue weighted by atomic mass is 32.1. The fraction of sp³-hybridized carbons (Fsp3) is 0.304. The molecule has 0 unspecified atom stereocenters. The molecule has 0 radical (unpaired) electrons. The van der Waals surface area contributed by atoms with Crippen molar-refractivity contribution < 1.29 is 14.0 Å². The van der Waals surface area contributed by atoms with E-state index in [1.165, 1.54) is 22.4 Å². The number of para-hydroxylation sites is 1. The average molecular weight is 439 g/mol. The quantitative estimate of drug-likeness (QED) is 0.614. The van der Waals surface area contributed by atoms with Crippen LogP contribution in [0.2, 0.25) is 0 Å². The highest BCUT2D eigenvalue weighted by Gasteiger charge is 2.36. The lowest BCUT2D eigenvalue weighted by atomic mass is 9.94. The van der Waals surface area contributed by atoms with Crippen LogP contribution in [0.1, 0.15) is 54.2 Å². The van der Waals surface area contributed by atoms with Crippen LogP contribution >= 0.6 is 11.5 Å². The van der Waals surface area contributed by atoms with Crippen LogP contribution in [-0.2, 0) is 4.79 Å². The Bertz CT molecular complexity index is 1020. The molecule has 1 heterocycles. The smallest absolute Gasteiger partial charge is 0.280 e. The maximum absolute atomic E-state index is 14.9. The Balaban J connectivity index is 1.78. The predicted molar refractivity (Wildman–Crippen MR) is 117 cm³/mol. The van der Waals surface area contributed by atoms with Crippen LogP contribution in [-0.4, -0.2) is 27.4 Å². The molecule has 8 heteroatoms. The van der Waals surface area contributed by atoms with E-state index in [9.17, 15) is 14.0 Å². The Hall–Kier alpha value is -3.13. The zero-order valence-electron chi connectivity index (χ0n) is 16.9. The summed E-state index contributed by atoms with van der Waals surface area (Å²) >= 11 is 1.03. The van der Waals surface area contributed by atoms with Gasteiger partial charge in [-0.3, -0.25) is 14.5 Å². The van der Waals surface area contributed by atoms with Crippen LogP contribution in [0.3, 0.4) is 0 Å². The van der Waals surface area contributed by atoms with E-state index >= 15 is 0 Å². The summed E-state index contributed by atoms with van der Waals surface area (Å²) in [6.07, 6.45) is 5.07. The summed E-state index contributed by atoms with van der Waals surface area (Å²) in [5.41, 5.74) is 0.684. The number of halogens is 1. The van der Waals surface area contributed by atoms with Gasteiger partial charge < -0.3 is 5.32 Å². The van der Waals surface area contributed by atoms with Gasteiger partial charge >= 0.3 is 0 Å². The second-order valence-electron chi connectivity index (χ2n) is 7.57. The van der Waals surface area contributed by atoms with Crippen molar-refractivity contribution in [2.45, 2.75) is 44.2 Å². The van der Waals surface area contributed by atoms with Crippen LogP contribution in [0.4, 0.5) is 10.1 Å². The van der Waals surface area contributed by atoms with Gasteiger partial charge in [-0.05, 0) is 42.1 Å². The molecule has 0 spiro atoms. The second kappa shape index (κ2) is 9.78. The first kappa shape index (κ1) is 21.1. The van der Waals surface area contributed by atoms with Gasteiger partial charge in [0, 0.05) is 11.4 Å². The normalized spacial score (nSPS) is 15.3. The Labute approximate surface area is 184 Å². The Morgan fingerprint density at radius 2 is 1.74 bits per heavy atom. The SMILES string of the molecule is O=C(NC1CCCCC1)[C@H](c1ccccc1)N(C(=O)c1csnn1)c1ccccc1F. The minimum Gasteiger partial charge on any atom is -0.351 e. The molecule has 160 valence electrons. The zero-order valence-corrected chi connectivity index (χ0v) is 17.7. The number of nitrogens with one attached hydrogen (secondary N) is 1. The van der Waals surface area contributed by atoms with Gasteiger partial charge in [-0.1, -0.05) is 66.2 Å². The van der Waals surface area contributed by atoms with Crippen molar-refractivity contribution in [1.82, 2.24) is 14.9 Å². The first-order chi connectivity index (χ1) is 15.1.